The molecule has 0 N–H and O–H groups in total. The number of hydrogen-bond donors (Lipinski definition) is 0. The van der Waals surface area contributed by atoms with Crippen molar-refractivity contribution in [1.29, 1.82) is 0 Å². The first kappa shape index (κ1) is 22.2. The van der Waals surface area contributed by atoms with Gasteiger partial charge in [-0.05, 0) is 32.1 Å². The van der Waals surface area contributed by atoms with E-state index in [1.54, 1.807) is 0 Å². The number of esters is 1. The van der Waals surface area contributed by atoms with Gasteiger partial charge in [-0.25, -0.2) is 0 Å². The summed E-state index contributed by atoms with van der Waals surface area (Å²) in [6.07, 6.45) is 21.7. The van der Waals surface area contributed by atoms with Gasteiger partial charge in [-0.15, -0.1) is 0 Å². The predicted octanol–water partition coefficient (Wildman–Crippen LogP) is 6.17. The molecule has 0 aliphatic rings. The van der Waals surface area contributed by atoms with Crippen molar-refractivity contribution < 1.29 is 14.3 Å². The van der Waals surface area contributed by atoms with Crippen LogP contribution in [0, 0.1) is 0 Å². The van der Waals surface area contributed by atoms with E-state index in [-0.39, 0.29) is 12.8 Å². The summed E-state index contributed by atoms with van der Waals surface area (Å²) in [4.78, 5) is 11.2. The predicted molar refractivity (Wildman–Crippen MR) is 97.4 cm³/mol. The zero-order chi connectivity index (χ0) is 17.0. The van der Waals surface area contributed by atoms with Gasteiger partial charge in [-0.1, -0.05) is 70.4 Å². The number of ether oxygens (including phenoxy) is 2. The summed E-state index contributed by atoms with van der Waals surface area (Å²) in [5, 5.41) is 0. The molecule has 3 heteroatoms. The van der Waals surface area contributed by atoms with Crippen molar-refractivity contribution in [3.63, 3.8) is 0 Å². The van der Waals surface area contributed by atoms with E-state index in [1.165, 1.54) is 77.7 Å². The monoisotopic (exact) mass is 326 g/mol. The number of hydrogen-bond acceptors (Lipinski definition) is 3. The molecule has 0 aliphatic carbocycles. The van der Waals surface area contributed by atoms with Crippen molar-refractivity contribution in [3.8, 4) is 0 Å². The van der Waals surface area contributed by atoms with E-state index < -0.39 is 0 Å². The molecule has 0 rings (SSSR count). The van der Waals surface area contributed by atoms with Crippen LogP contribution in [0.1, 0.15) is 96.8 Å². The quantitative estimate of drug-likeness (QED) is 0.139. The van der Waals surface area contributed by atoms with Crippen molar-refractivity contribution in [2.24, 2.45) is 0 Å². The van der Waals surface area contributed by atoms with Crippen LogP contribution in [-0.4, -0.2) is 19.9 Å². The van der Waals surface area contributed by atoms with Crippen LogP contribution in [0.25, 0.3) is 0 Å². The normalized spacial score (nSPS) is 11.2. The van der Waals surface area contributed by atoms with Gasteiger partial charge in [0.2, 0.25) is 0 Å². The molecule has 0 heterocycles. The lowest BCUT2D eigenvalue weighted by Gasteiger charge is -2.03. The molecule has 0 spiro atoms. The number of methoxy groups -OCH3 is 1. The lowest BCUT2D eigenvalue weighted by Crippen LogP contribution is -2.06. The van der Waals surface area contributed by atoms with E-state index in [0.717, 1.165) is 12.8 Å². The minimum Gasteiger partial charge on any atom is -0.438 e. The average molecular weight is 327 g/mol. The maximum absolute atomic E-state index is 11.2. The fraction of sp³-hybridized carbons (Fsp3) is 0.850. The Labute approximate surface area is 143 Å². The highest BCUT2D eigenvalue weighted by Gasteiger charge is 2.01. The molecule has 0 atom stereocenters. The van der Waals surface area contributed by atoms with Gasteiger partial charge in [-0.2, -0.15) is 0 Å². The molecule has 0 saturated heterocycles. The molecule has 0 amide bonds. The molecule has 0 radical (unpaired) electrons. The van der Waals surface area contributed by atoms with E-state index in [0.29, 0.717) is 6.42 Å². The van der Waals surface area contributed by atoms with E-state index in [4.69, 9.17) is 9.47 Å². The van der Waals surface area contributed by atoms with E-state index in [1.807, 2.05) is 0 Å². The maximum atomic E-state index is 11.2. The van der Waals surface area contributed by atoms with E-state index in [2.05, 4.69) is 19.1 Å². The van der Waals surface area contributed by atoms with Gasteiger partial charge in [0.05, 0.1) is 0 Å². The SMILES string of the molecule is CCCCCCCC/C=C/CCCCCCCC(=O)OCOC. The molecule has 23 heavy (non-hydrogen) atoms. The van der Waals surface area contributed by atoms with E-state index in [9.17, 15) is 4.79 Å². The lowest BCUT2D eigenvalue weighted by atomic mass is 10.1. The third kappa shape index (κ3) is 19.1. The first-order valence-electron chi connectivity index (χ1n) is 9.60. The van der Waals surface area contributed by atoms with Gasteiger partial charge in [0.15, 0.2) is 6.79 Å². The Hall–Kier alpha value is -0.830. The van der Waals surface area contributed by atoms with Gasteiger partial charge in [-0.3, -0.25) is 4.79 Å². The highest BCUT2D eigenvalue weighted by molar-refractivity contribution is 5.69. The summed E-state index contributed by atoms with van der Waals surface area (Å²) in [6, 6.07) is 0. The smallest absolute Gasteiger partial charge is 0.307 e. The number of unbranched alkanes of at least 4 members (excludes halogenated alkanes) is 11. The Morgan fingerprint density at radius 1 is 0.783 bits per heavy atom. The lowest BCUT2D eigenvalue weighted by molar-refractivity contribution is -0.154. The molecule has 0 aromatic heterocycles. The summed E-state index contributed by atoms with van der Waals surface area (Å²) in [7, 11) is 1.52. The van der Waals surface area contributed by atoms with Gasteiger partial charge in [0, 0.05) is 13.5 Å². The van der Waals surface area contributed by atoms with Crippen LogP contribution in [0.3, 0.4) is 0 Å². The van der Waals surface area contributed by atoms with Crippen LogP contribution < -0.4 is 0 Å². The van der Waals surface area contributed by atoms with Crippen LogP contribution in [0.4, 0.5) is 0 Å². The summed E-state index contributed by atoms with van der Waals surface area (Å²) >= 11 is 0. The summed E-state index contributed by atoms with van der Waals surface area (Å²) in [6.45, 7) is 2.34. The number of rotatable bonds is 17. The molecule has 0 bridgehead atoms. The fourth-order valence-electron chi connectivity index (χ4n) is 2.54. The number of carbonyl (C=O) groups is 1. The molecular formula is C20H38O3. The van der Waals surface area contributed by atoms with E-state index >= 15 is 0 Å². The molecule has 0 aliphatic heterocycles. The number of allylic oxidation sites excluding steroid dienone is 2. The molecule has 0 aromatic rings. The number of carbonyl (C=O) groups excluding carboxylic acids is 1. The van der Waals surface area contributed by atoms with Gasteiger partial charge in [0.1, 0.15) is 0 Å². The highest BCUT2D eigenvalue weighted by Crippen LogP contribution is 2.10. The molecule has 3 nitrogen and oxygen atoms in total. The zero-order valence-electron chi connectivity index (χ0n) is 15.5. The third-order valence-corrected chi connectivity index (χ3v) is 3.98. The summed E-state index contributed by atoms with van der Waals surface area (Å²) in [5.74, 6) is -0.149. The highest BCUT2D eigenvalue weighted by atomic mass is 16.7. The standard InChI is InChI=1S/C20H38O3/c1-3-4-5-6-7-8-9-10-11-12-13-14-15-16-17-18-20(21)23-19-22-2/h10-11H,3-9,12-19H2,1-2H3/b11-10+. The average Bonchev–Trinajstić information content (AvgIpc) is 2.56. The van der Waals surface area contributed by atoms with Gasteiger partial charge < -0.3 is 9.47 Å². The molecule has 136 valence electrons. The Morgan fingerprint density at radius 3 is 1.87 bits per heavy atom. The first-order valence-corrected chi connectivity index (χ1v) is 9.60. The second-order valence-corrected chi connectivity index (χ2v) is 6.26. The largest absolute Gasteiger partial charge is 0.438 e. The van der Waals surface area contributed by atoms with Crippen LogP contribution >= 0.6 is 0 Å². The molecule has 0 unspecified atom stereocenters. The Kier molecular flexibility index (Phi) is 18.5. The molecule has 0 saturated carbocycles. The van der Waals surface area contributed by atoms with Crippen LogP contribution in [0.2, 0.25) is 0 Å². The first-order chi connectivity index (χ1) is 11.3. The molecular weight excluding hydrogens is 288 g/mol. The minimum absolute atomic E-state index is 0.0733. The zero-order valence-corrected chi connectivity index (χ0v) is 15.5. The van der Waals surface area contributed by atoms with Crippen molar-refractivity contribution in [3.05, 3.63) is 12.2 Å². The Balaban J connectivity index is 3.14. The molecule has 0 aromatic carbocycles. The Bertz CT molecular complexity index is 274. The van der Waals surface area contributed by atoms with Gasteiger partial charge >= 0.3 is 5.97 Å². The topological polar surface area (TPSA) is 35.5 Å². The third-order valence-electron chi connectivity index (χ3n) is 3.98. The summed E-state index contributed by atoms with van der Waals surface area (Å²) in [5.41, 5.74) is 0. The van der Waals surface area contributed by atoms with Crippen LogP contribution in [0.15, 0.2) is 12.2 Å². The minimum atomic E-state index is -0.149. The van der Waals surface area contributed by atoms with Crippen molar-refractivity contribution >= 4 is 5.97 Å². The van der Waals surface area contributed by atoms with Crippen molar-refractivity contribution in [1.82, 2.24) is 0 Å². The fourth-order valence-corrected chi connectivity index (χ4v) is 2.54. The Morgan fingerprint density at radius 2 is 1.30 bits per heavy atom. The van der Waals surface area contributed by atoms with Crippen LogP contribution in [0.5, 0.6) is 0 Å². The second-order valence-electron chi connectivity index (χ2n) is 6.26. The van der Waals surface area contributed by atoms with Crippen LogP contribution in [-0.2, 0) is 14.3 Å². The maximum Gasteiger partial charge on any atom is 0.307 e. The second kappa shape index (κ2) is 19.2. The van der Waals surface area contributed by atoms with Crippen molar-refractivity contribution in [2.75, 3.05) is 13.9 Å². The van der Waals surface area contributed by atoms with Crippen molar-refractivity contribution in [2.45, 2.75) is 96.8 Å². The van der Waals surface area contributed by atoms with Gasteiger partial charge in [0.25, 0.3) is 0 Å². The molecule has 0 fully saturated rings. The summed E-state index contributed by atoms with van der Waals surface area (Å²) < 4.78 is 9.53.